The average molecular weight is 709 g/mol. The van der Waals surface area contributed by atoms with Crippen LogP contribution in [-0.4, -0.2) is 18.1 Å². The molecule has 0 bridgehead atoms. The summed E-state index contributed by atoms with van der Waals surface area (Å²) in [5.74, 6) is 4.60. The number of anilines is 2. The number of pyridine rings is 1. The number of ether oxygens (including phenoxy) is 1. The van der Waals surface area contributed by atoms with Crippen molar-refractivity contribution in [2.45, 2.75) is 118 Å². The molecule has 3 fully saturated rings. The normalized spacial score (nSPS) is 30.1. The van der Waals surface area contributed by atoms with Gasteiger partial charge in [-0.2, -0.15) is 4.57 Å². The molecular weight excluding hydrogens is 650 g/mol. The van der Waals surface area contributed by atoms with Crippen molar-refractivity contribution in [1.82, 2.24) is 0 Å². The molecule has 2 amide bonds. The van der Waals surface area contributed by atoms with Gasteiger partial charge in [0.25, 0.3) is 0 Å². The molecule has 8 nitrogen and oxygen atoms in total. The molecule has 2 N–H and O–H groups in total. The lowest BCUT2D eigenvalue weighted by atomic mass is 9.47. The third-order valence-electron chi connectivity index (χ3n) is 13.9. The van der Waals surface area contributed by atoms with Crippen molar-refractivity contribution in [2.24, 2.45) is 46.3 Å². The minimum absolute atomic E-state index is 0.0713. The number of carbonyl (C=O) groups is 2. The lowest BCUT2D eigenvalue weighted by Gasteiger charge is -2.58. The maximum atomic E-state index is 13.2. The number of aromatic nitrogens is 1. The highest BCUT2D eigenvalue weighted by Gasteiger charge is 2.59. The highest BCUT2D eigenvalue weighted by Crippen LogP contribution is 2.67. The average Bonchev–Trinajstić information content (AvgIpc) is 3.46. The quantitative estimate of drug-likeness (QED) is 0.0946. The number of esters is 1. The van der Waals surface area contributed by atoms with E-state index in [-0.39, 0.29) is 24.0 Å². The maximum absolute atomic E-state index is 13.2. The monoisotopic (exact) mass is 708 g/mol. The Balaban J connectivity index is 0.922. The molecule has 0 aliphatic heterocycles. The van der Waals surface area contributed by atoms with Crippen molar-refractivity contribution >= 4 is 34.3 Å². The summed E-state index contributed by atoms with van der Waals surface area (Å²) in [4.78, 5) is 37.4. The summed E-state index contributed by atoms with van der Waals surface area (Å²) in [6, 6.07) is 11.2. The van der Waals surface area contributed by atoms with Crippen LogP contribution in [0.25, 0.3) is 11.0 Å². The van der Waals surface area contributed by atoms with Crippen LogP contribution in [0.2, 0.25) is 0 Å². The zero-order chi connectivity index (χ0) is 36.6. The third-order valence-corrected chi connectivity index (χ3v) is 13.9. The number of carbonyl (C=O) groups excluding carboxylic acids is 2. The van der Waals surface area contributed by atoms with E-state index in [9.17, 15) is 14.4 Å². The third kappa shape index (κ3) is 7.45. The second-order valence-corrected chi connectivity index (χ2v) is 17.5. The highest BCUT2D eigenvalue weighted by atomic mass is 16.5. The first-order valence-electron chi connectivity index (χ1n) is 19.9. The Labute approximate surface area is 308 Å². The fraction of sp³-hybridized carbons (Fsp3) is 0.591. The molecule has 8 atom stereocenters. The number of allylic oxidation sites excluding steroid dienone is 1. The van der Waals surface area contributed by atoms with E-state index in [2.05, 4.69) is 51.3 Å². The SMILES string of the molecule is CC(C)CCC[C@@H](C)[C@H]1CC[C@H]2[C@@H]3CC=C4C[C@@H](OC(=O)C[n+]5cccc(NC(=O)Nc6ccc7oc(=O)ccc7c6)c5)CC[C@]4(C)[C@H]3CC[C@]12C. The van der Waals surface area contributed by atoms with Crippen LogP contribution in [0.3, 0.4) is 0 Å². The van der Waals surface area contributed by atoms with Gasteiger partial charge in [0.2, 0.25) is 6.54 Å². The lowest BCUT2D eigenvalue weighted by molar-refractivity contribution is -0.685. The van der Waals surface area contributed by atoms with E-state index in [1.807, 2.05) is 0 Å². The second-order valence-electron chi connectivity index (χ2n) is 17.5. The van der Waals surface area contributed by atoms with Crippen molar-refractivity contribution in [3.05, 3.63) is 76.9 Å². The van der Waals surface area contributed by atoms with Gasteiger partial charge in [-0.15, -0.1) is 0 Å². The summed E-state index contributed by atoms with van der Waals surface area (Å²) in [6.45, 7) is 12.5. The fourth-order valence-electron chi connectivity index (χ4n) is 11.3. The van der Waals surface area contributed by atoms with Crippen molar-refractivity contribution in [3.63, 3.8) is 0 Å². The number of urea groups is 1. The van der Waals surface area contributed by atoms with Gasteiger partial charge in [0.1, 0.15) is 17.4 Å². The van der Waals surface area contributed by atoms with Gasteiger partial charge >= 0.3 is 17.6 Å². The van der Waals surface area contributed by atoms with E-state index in [4.69, 9.17) is 9.15 Å². The molecule has 2 aromatic heterocycles. The predicted octanol–water partition coefficient (Wildman–Crippen LogP) is 9.68. The van der Waals surface area contributed by atoms with Crippen LogP contribution in [0.1, 0.15) is 105 Å². The van der Waals surface area contributed by atoms with Crippen LogP contribution in [0.15, 0.2) is 75.7 Å². The van der Waals surface area contributed by atoms with Crippen molar-refractivity contribution in [1.29, 1.82) is 0 Å². The summed E-state index contributed by atoms with van der Waals surface area (Å²) in [5, 5.41) is 6.34. The van der Waals surface area contributed by atoms with E-state index in [1.54, 1.807) is 53.4 Å². The fourth-order valence-corrected chi connectivity index (χ4v) is 11.3. The van der Waals surface area contributed by atoms with Gasteiger partial charge < -0.3 is 19.8 Å². The molecule has 0 radical (unpaired) electrons. The molecule has 278 valence electrons. The molecule has 2 heterocycles. The number of hydrogen-bond acceptors (Lipinski definition) is 5. The topological polar surface area (TPSA) is 102 Å². The van der Waals surface area contributed by atoms with E-state index in [0.29, 0.717) is 27.8 Å². The van der Waals surface area contributed by atoms with Crippen LogP contribution in [0.4, 0.5) is 16.2 Å². The number of hydrogen-bond donors (Lipinski definition) is 2. The number of benzene rings is 1. The zero-order valence-electron chi connectivity index (χ0n) is 31.8. The molecule has 7 rings (SSSR count). The van der Waals surface area contributed by atoms with Crippen LogP contribution < -0.4 is 20.8 Å². The zero-order valence-corrected chi connectivity index (χ0v) is 31.8. The molecule has 0 spiro atoms. The molecule has 0 saturated heterocycles. The Bertz CT molecular complexity index is 1880. The first-order valence-corrected chi connectivity index (χ1v) is 19.9. The minimum atomic E-state index is -0.424. The number of nitrogens with zero attached hydrogens (tertiary/aromatic N) is 1. The summed E-state index contributed by atoms with van der Waals surface area (Å²) in [5.41, 5.74) is 3.37. The van der Waals surface area contributed by atoms with Crippen LogP contribution in [0, 0.1) is 46.3 Å². The van der Waals surface area contributed by atoms with E-state index in [0.717, 1.165) is 54.8 Å². The summed E-state index contributed by atoms with van der Waals surface area (Å²) in [6.07, 6.45) is 19.7. The van der Waals surface area contributed by atoms with Crippen LogP contribution >= 0.6 is 0 Å². The standard InChI is InChI=1S/C44H57N3O5/c1-28(2)8-6-9-29(3)36-15-16-37-35-14-12-31-25-34(19-21-43(31,4)38(35)20-22-44(36,37)5)51-41(49)27-47-23-7-10-33(26-47)46-42(50)45-32-13-17-39-30(24-32)11-18-40(48)52-39/h7,10-13,17-18,23-24,26,28-29,34-38H,6,8-9,14-16,19-22,25,27H2,1-5H3,(H-,45,46,50)/p+1/t29-,34+,35+,36-,37+,38+,43+,44-/m1/s1. The second kappa shape index (κ2) is 14.8. The first kappa shape index (κ1) is 36.4. The molecule has 1 aromatic carbocycles. The van der Waals surface area contributed by atoms with Crippen molar-refractivity contribution < 1.29 is 23.3 Å². The van der Waals surface area contributed by atoms with Gasteiger partial charge in [0.05, 0.1) is 0 Å². The maximum Gasteiger partial charge on any atom is 0.372 e. The van der Waals surface area contributed by atoms with E-state index < -0.39 is 11.7 Å². The number of rotatable bonds is 10. The molecule has 3 aromatic rings. The smallest absolute Gasteiger partial charge is 0.372 e. The highest BCUT2D eigenvalue weighted by molar-refractivity contribution is 6.00. The van der Waals surface area contributed by atoms with E-state index >= 15 is 0 Å². The molecule has 52 heavy (non-hydrogen) atoms. The predicted molar refractivity (Wildman–Crippen MR) is 205 cm³/mol. The van der Waals surface area contributed by atoms with Gasteiger partial charge in [-0.25, -0.2) is 14.4 Å². The first-order chi connectivity index (χ1) is 24.9. The summed E-state index contributed by atoms with van der Waals surface area (Å²) >= 11 is 0. The number of amides is 2. The Morgan fingerprint density at radius 3 is 2.62 bits per heavy atom. The largest absolute Gasteiger partial charge is 0.457 e. The Kier molecular flexibility index (Phi) is 10.4. The molecule has 0 unspecified atom stereocenters. The van der Waals surface area contributed by atoms with E-state index in [1.165, 1.54) is 63.0 Å². The van der Waals surface area contributed by atoms with Crippen LogP contribution in [0.5, 0.6) is 0 Å². The Morgan fingerprint density at radius 1 is 0.962 bits per heavy atom. The molecule has 3 saturated carbocycles. The van der Waals surface area contributed by atoms with Gasteiger partial charge in [-0.1, -0.05) is 65.5 Å². The van der Waals surface area contributed by atoms with Crippen LogP contribution in [-0.2, 0) is 16.1 Å². The summed E-state index contributed by atoms with van der Waals surface area (Å²) < 4.78 is 13.0. The van der Waals surface area contributed by atoms with Crippen molar-refractivity contribution in [3.8, 4) is 0 Å². The van der Waals surface area contributed by atoms with Crippen molar-refractivity contribution in [2.75, 3.05) is 10.6 Å². The molecule has 4 aliphatic rings. The lowest BCUT2D eigenvalue weighted by Crippen LogP contribution is -2.51. The molecule has 4 aliphatic carbocycles. The van der Waals surface area contributed by atoms with Gasteiger partial charge in [0, 0.05) is 29.6 Å². The summed E-state index contributed by atoms with van der Waals surface area (Å²) in [7, 11) is 0. The number of nitrogens with one attached hydrogen (secondary N) is 2. The van der Waals surface area contributed by atoms with Gasteiger partial charge in [-0.05, 0) is 122 Å². The molecule has 8 heteroatoms. The Morgan fingerprint density at radius 2 is 1.79 bits per heavy atom. The minimum Gasteiger partial charge on any atom is -0.457 e. The number of fused-ring (bicyclic) bond motifs is 6. The van der Waals surface area contributed by atoms with Gasteiger partial charge in [0.15, 0.2) is 12.4 Å². The Hall–Kier alpha value is -3.94. The molecular formula is C44H58N3O5+. The van der Waals surface area contributed by atoms with Gasteiger partial charge in [-0.3, -0.25) is 0 Å².